The van der Waals surface area contributed by atoms with Crippen LogP contribution in [0.5, 0.6) is 0 Å². The highest BCUT2D eigenvalue weighted by Crippen LogP contribution is 2.20. The second-order valence-corrected chi connectivity index (χ2v) is 5.49. The Labute approximate surface area is 128 Å². The van der Waals surface area contributed by atoms with Crippen molar-refractivity contribution in [3.63, 3.8) is 0 Å². The van der Waals surface area contributed by atoms with E-state index in [4.69, 9.17) is 4.74 Å². The van der Waals surface area contributed by atoms with Gasteiger partial charge in [-0.25, -0.2) is 0 Å². The number of likely N-dealkylation sites (tertiary alicyclic amines) is 1. The molecule has 1 atom stereocenters. The average molecular weight is 301 g/mol. The van der Waals surface area contributed by atoms with Crippen molar-refractivity contribution < 1.29 is 9.53 Å². The van der Waals surface area contributed by atoms with Crippen LogP contribution in [0.1, 0.15) is 12.1 Å². The van der Waals surface area contributed by atoms with Crippen LogP contribution in [0.3, 0.4) is 0 Å². The van der Waals surface area contributed by atoms with E-state index in [1.807, 2.05) is 11.0 Å². The fourth-order valence-corrected chi connectivity index (χ4v) is 2.73. The van der Waals surface area contributed by atoms with Gasteiger partial charge < -0.3 is 9.64 Å². The molecule has 0 radical (unpaired) electrons. The van der Waals surface area contributed by atoms with Gasteiger partial charge in [-0.1, -0.05) is 0 Å². The van der Waals surface area contributed by atoms with Gasteiger partial charge in [0.25, 0.3) is 0 Å². The summed E-state index contributed by atoms with van der Waals surface area (Å²) in [6.45, 7) is 1.73. The van der Waals surface area contributed by atoms with Crippen LogP contribution >= 0.6 is 0 Å². The van der Waals surface area contributed by atoms with Crippen molar-refractivity contribution >= 4 is 5.91 Å². The lowest BCUT2D eigenvalue weighted by atomic mass is 10.0. The number of ether oxygens (including phenoxy) is 1. The predicted octanol–water partition coefficient (Wildman–Crippen LogP) is 0.904. The number of carbonyl (C=O) groups is 1. The number of methoxy groups -OCH3 is 1. The molecule has 0 saturated carbocycles. The first-order chi connectivity index (χ1) is 10.8. The molecule has 116 valence electrons. The van der Waals surface area contributed by atoms with Gasteiger partial charge >= 0.3 is 0 Å². The molecule has 0 unspecified atom stereocenters. The molecule has 1 fully saturated rings. The molecular formula is C15H19N5O2. The highest BCUT2D eigenvalue weighted by Gasteiger charge is 2.26. The molecule has 2 aromatic rings. The molecule has 0 aliphatic carbocycles. The topological polar surface area (TPSA) is 84.0 Å². The zero-order valence-electron chi connectivity index (χ0n) is 12.5. The molecule has 1 amide bonds. The summed E-state index contributed by atoms with van der Waals surface area (Å²) in [6.07, 6.45) is 7.09. The first kappa shape index (κ1) is 14.6. The number of amides is 1. The van der Waals surface area contributed by atoms with Crippen LogP contribution < -0.4 is 0 Å². The SMILES string of the molecule is COCC(=O)N1CC[C@H](Cc2cnc(-c3ccn[nH]3)cn2)C1. The van der Waals surface area contributed by atoms with Crippen molar-refractivity contribution in [1.29, 1.82) is 0 Å². The number of hydrogen-bond acceptors (Lipinski definition) is 5. The summed E-state index contributed by atoms with van der Waals surface area (Å²) in [4.78, 5) is 22.5. The second kappa shape index (κ2) is 6.65. The number of aromatic amines is 1. The molecule has 0 bridgehead atoms. The summed E-state index contributed by atoms with van der Waals surface area (Å²) in [6, 6.07) is 1.86. The Morgan fingerprint density at radius 3 is 3.05 bits per heavy atom. The van der Waals surface area contributed by atoms with Crippen LogP contribution in [0, 0.1) is 5.92 Å². The fourth-order valence-electron chi connectivity index (χ4n) is 2.73. The van der Waals surface area contributed by atoms with Gasteiger partial charge in [0, 0.05) is 32.6 Å². The first-order valence-electron chi connectivity index (χ1n) is 7.33. The summed E-state index contributed by atoms with van der Waals surface area (Å²) < 4.78 is 4.90. The summed E-state index contributed by atoms with van der Waals surface area (Å²) >= 11 is 0. The van der Waals surface area contributed by atoms with E-state index in [2.05, 4.69) is 20.2 Å². The average Bonchev–Trinajstić information content (AvgIpc) is 3.19. The standard InChI is InChI=1S/C15H19N5O2/c1-22-10-15(21)20-5-3-11(9-20)6-12-7-17-14(8-16-12)13-2-4-18-19-13/h2,4,7-8,11H,3,5-6,9-10H2,1H3,(H,18,19)/t11-/m1/s1. The van der Waals surface area contributed by atoms with Crippen molar-refractivity contribution in [2.24, 2.45) is 5.92 Å². The lowest BCUT2D eigenvalue weighted by Gasteiger charge is -2.15. The number of rotatable bonds is 5. The molecule has 3 rings (SSSR count). The molecule has 2 aromatic heterocycles. The summed E-state index contributed by atoms with van der Waals surface area (Å²) in [5, 5.41) is 6.77. The van der Waals surface area contributed by atoms with Gasteiger partial charge in [-0.15, -0.1) is 0 Å². The maximum Gasteiger partial charge on any atom is 0.248 e. The molecule has 1 saturated heterocycles. The van der Waals surface area contributed by atoms with E-state index in [0.29, 0.717) is 5.92 Å². The van der Waals surface area contributed by atoms with Gasteiger partial charge in [0.1, 0.15) is 12.3 Å². The van der Waals surface area contributed by atoms with Gasteiger partial charge in [0.05, 0.1) is 17.6 Å². The zero-order valence-corrected chi connectivity index (χ0v) is 12.5. The Hall–Kier alpha value is -2.28. The normalized spacial score (nSPS) is 17.9. The van der Waals surface area contributed by atoms with Gasteiger partial charge in [-0.3, -0.25) is 19.9 Å². The number of H-pyrrole nitrogens is 1. The number of carbonyl (C=O) groups excluding carboxylic acids is 1. The largest absolute Gasteiger partial charge is 0.375 e. The Morgan fingerprint density at radius 1 is 1.45 bits per heavy atom. The molecule has 0 spiro atoms. The number of aromatic nitrogens is 4. The molecule has 3 heterocycles. The van der Waals surface area contributed by atoms with Crippen LogP contribution in [0.2, 0.25) is 0 Å². The van der Waals surface area contributed by atoms with E-state index in [0.717, 1.165) is 43.0 Å². The number of hydrogen-bond donors (Lipinski definition) is 1. The van der Waals surface area contributed by atoms with Crippen LogP contribution in [-0.4, -0.2) is 57.8 Å². The number of nitrogens with one attached hydrogen (secondary N) is 1. The molecule has 1 aliphatic heterocycles. The molecule has 1 aliphatic rings. The van der Waals surface area contributed by atoms with Crippen LogP contribution in [0.15, 0.2) is 24.7 Å². The van der Waals surface area contributed by atoms with E-state index in [9.17, 15) is 4.79 Å². The van der Waals surface area contributed by atoms with E-state index in [1.165, 1.54) is 0 Å². The molecule has 7 nitrogen and oxygen atoms in total. The predicted molar refractivity (Wildman–Crippen MR) is 79.9 cm³/mol. The van der Waals surface area contributed by atoms with E-state index in [-0.39, 0.29) is 12.5 Å². The van der Waals surface area contributed by atoms with E-state index in [1.54, 1.807) is 25.7 Å². The molecule has 1 N–H and O–H groups in total. The van der Waals surface area contributed by atoms with Gasteiger partial charge in [-0.05, 0) is 24.8 Å². The summed E-state index contributed by atoms with van der Waals surface area (Å²) in [5.74, 6) is 0.499. The highest BCUT2D eigenvalue weighted by molar-refractivity contribution is 5.77. The third kappa shape index (κ3) is 3.30. The van der Waals surface area contributed by atoms with Gasteiger partial charge in [-0.2, -0.15) is 5.10 Å². The molecule has 7 heteroatoms. The third-order valence-corrected chi connectivity index (χ3v) is 3.89. The van der Waals surface area contributed by atoms with Crippen LogP contribution in [-0.2, 0) is 16.0 Å². The first-order valence-corrected chi connectivity index (χ1v) is 7.33. The van der Waals surface area contributed by atoms with Crippen molar-refractivity contribution in [2.45, 2.75) is 12.8 Å². The van der Waals surface area contributed by atoms with Gasteiger partial charge in [0.15, 0.2) is 0 Å². The maximum absolute atomic E-state index is 11.8. The monoisotopic (exact) mass is 301 g/mol. The smallest absolute Gasteiger partial charge is 0.248 e. The van der Waals surface area contributed by atoms with Gasteiger partial charge in [0.2, 0.25) is 5.91 Å². The minimum atomic E-state index is 0.0608. The second-order valence-electron chi connectivity index (χ2n) is 5.49. The molecule has 0 aromatic carbocycles. The van der Waals surface area contributed by atoms with Crippen molar-refractivity contribution in [2.75, 3.05) is 26.8 Å². The van der Waals surface area contributed by atoms with E-state index >= 15 is 0 Å². The minimum Gasteiger partial charge on any atom is -0.375 e. The van der Waals surface area contributed by atoms with Crippen molar-refractivity contribution in [3.05, 3.63) is 30.4 Å². The quantitative estimate of drug-likeness (QED) is 0.887. The Morgan fingerprint density at radius 2 is 2.36 bits per heavy atom. The van der Waals surface area contributed by atoms with Crippen molar-refractivity contribution in [1.82, 2.24) is 25.1 Å². The molecule has 22 heavy (non-hydrogen) atoms. The Bertz CT molecular complexity index is 611. The van der Waals surface area contributed by atoms with Crippen molar-refractivity contribution in [3.8, 4) is 11.4 Å². The van der Waals surface area contributed by atoms with E-state index < -0.39 is 0 Å². The lowest BCUT2D eigenvalue weighted by molar-refractivity contribution is -0.134. The highest BCUT2D eigenvalue weighted by atomic mass is 16.5. The maximum atomic E-state index is 11.8. The van der Waals surface area contributed by atoms with Crippen LogP contribution in [0.25, 0.3) is 11.4 Å². The summed E-state index contributed by atoms with van der Waals surface area (Å²) in [5.41, 5.74) is 2.59. The minimum absolute atomic E-state index is 0.0608. The van der Waals surface area contributed by atoms with Crippen LogP contribution in [0.4, 0.5) is 0 Å². The fraction of sp³-hybridized carbons (Fsp3) is 0.467. The third-order valence-electron chi connectivity index (χ3n) is 3.89. The zero-order chi connectivity index (χ0) is 15.4. The summed E-state index contributed by atoms with van der Waals surface area (Å²) in [7, 11) is 1.54. The molecular weight excluding hydrogens is 282 g/mol. The number of nitrogens with zero attached hydrogens (tertiary/aromatic N) is 4. The lowest BCUT2D eigenvalue weighted by Crippen LogP contribution is -2.31. The Balaban J connectivity index is 1.57. The Kier molecular flexibility index (Phi) is 4.43.